The number of amides is 1. The SMILES string of the molecule is C[C@]12CC3CC(C(=O)NC45CCN(CC4)CC5)(C1)C[C@@](c1ccccc1)(C3)C2. The Hall–Kier alpha value is -1.35. The van der Waals surface area contributed by atoms with Crippen LogP contribution in [0.1, 0.15) is 70.3 Å². The van der Waals surface area contributed by atoms with Crippen molar-refractivity contribution in [2.75, 3.05) is 19.6 Å². The van der Waals surface area contributed by atoms with Gasteiger partial charge in [0.1, 0.15) is 0 Å². The van der Waals surface area contributed by atoms with E-state index in [-0.39, 0.29) is 16.4 Å². The number of benzene rings is 1. The van der Waals surface area contributed by atoms with Crippen LogP contribution >= 0.6 is 0 Å². The Labute approximate surface area is 169 Å². The fraction of sp³-hybridized carbons (Fsp3) is 0.720. The van der Waals surface area contributed by atoms with Crippen LogP contribution in [0.4, 0.5) is 0 Å². The molecule has 3 saturated heterocycles. The van der Waals surface area contributed by atoms with E-state index >= 15 is 0 Å². The van der Waals surface area contributed by atoms with Gasteiger partial charge in [0.15, 0.2) is 0 Å². The smallest absolute Gasteiger partial charge is 0.226 e. The molecule has 150 valence electrons. The molecule has 7 fully saturated rings. The van der Waals surface area contributed by atoms with Gasteiger partial charge in [-0.3, -0.25) is 4.79 Å². The molecule has 0 aromatic heterocycles. The molecule has 4 aliphatic carbocycles. The molecular formula is C25H34N2O. The van der Waals surface area contributed by atoms with Gasteiger partial charge in [-0.25, -0.2) is 0 Å². The predicted molar refractivity (Wildman–Crippen MR) is 111 cm³/mol. The lowest BCUT2D eigenvalue weighted by molar-refractivity contribution is -0.163. The summed E-state index contributed by atoms with van der Waals surface area (Å²) in [6.45, 7) is 5.99. The number of hydrogen-bond donors (Lipinski definition) is 1. The Kier molecular flexibility index (Phi) is 3.51. The van der Waals surface area contributed by atoms with Crippen LogP contribution in [0.25, 0.3) is 0 Å². The van der Waals surface area contributed by atoms with E-state index in [0.717, 1.165) is 44.4 Å². The first-order valence-electron chi connectivity index (χ1n) is 11.5. The minimum atomic E-state index is -0.132. The first-order chi connectivity index (χ1) is 13.4. The lowest BCUT2D eigenvalue weighted by atomic mass is 9.38. The average Bonchev–Trinajstić information content (AvgIpc) is 2.68. The summed E-state index contributed by atoms with van der Waals surface area (Å²) in [5.41, 5.74) is 2.01. The second kappa shape index (κ2) is 5.62. The van der Waals surface area contributed by atoms with Crippen molar-refractivity contribution in [1.29, 1.82) is 0 Å². The van der Waals surface area contributed by atoms with Gasteiger partial charge in [-0.05, 0) is 80.1 Å². The molecule has 4 atom stereocenters. The summed E-state index contributed by atoms with van der Waals surface area (Å²) in [7, 11) is 0. The lowest BCUT2D eigenvalue weighted by Crippen LogP contribution is -2.67. The highest BCUT2D eigenvalue weighted by atomic mass is 16.2. The highest BCUT2D eigenvalue weighted by Gasteiger charge is 2.65. The molecule has 2 unspecified atom stereocenters. The van der Waals surface area contributed by atoms with Gasteiger partial charge < -0.3 is 10.2 Å². The number of nitrogens with zero attached hydrogens (tertiary/aromatic N) is 1. The lowest BCUT2D eigenvalue weighted by Gasteiger charge is -2.66. The maximum Gasteiger partial charge on any atom is 0.226 e. The summed E-state index contributed by atoms with van der Waals surface area (Å²) in [4.78, 5) is 16.5. The van der Waals surface area contributed by atoms with E-state index < -0.39 is 0 Å². The first-order valence-corrected chi connectivity index (χ1v) is 11.5. The van der Waals surface area contributed by atoms with Gasteiger partial charge in [0.25, 0.3) is 0 Å². The van der Waals surface area contributed by atoms with E-state index in [1.165, 1.54) is 44.5 Å². The van der Waals surface area contributed by atoms with Gasteiger partial charge in [0.05, 0.1) is 5.41 Å². The Morgan fingerprint density at radius 3 is 2.36 bits per heavy atom. The number of rotatable bonds is 3. The second-order valence-corrected chi connectivity index (χ2v) is 11.6. The minimum Gasteiger partial charge on any atom is -0.350 e. The van der Waals surface area contributed by atoms with Crippen LogP contribution in [-0.2, 0) is 10.2 Å². The molecule has 8 rings (SSSR count). The van der Waals surface area contributed by atoms with Crippen LogP contribution in [0.5, 0.6) is 0 Å². The summed E-state index contributed by atoms with van der Waals surface area (Å²) in [5.74, 6) is 1.14. The molecule has 28 heavy (non-hydrogen) atoms. The van der Waals surface area contributed by atoms with Gasteiger partial charge in [-0.1, -0.05) is 37.3 Å². The molecule has 1 N–H and O–H groups in total. The van der Waals surface area contributed by atoms with Crippen molar-refractivity contribution < 1.29 is 4.79 Å². The maximum atomic E-state index is 13.9. The molecule has 0 radical (unpaired) electrons. The van der Waals surface area contributed by atoms with Crippen LogP contribution in [0, 0.1) is 16.7 Å². The highest BCUT2D eigenvalue weighted by molar-refractivity contribution is 5.84. The van der Waals surface area contributed by atoms with Crippen LogP contribution in [0.2, 0.25) is 0 Å². The highest BCUT2D eigenvalue weighted by Crippen LogP contribution is 2.70. The van der Waals surface area contributed by atoms with Gasteiger partial charge in [0.2, 0.25) is 5.91 Å². The maximum absolute atomic E-state index is 13.9. The Morgan fingerprint density at radius 2 is 1.68 bits per heavy atom. The van der Waals surface area contributed by atoms with E-state index in [9.17, 15) is 4.79 Å². The predicted octanol–water partition coefficient (Wildman–Crippen LogP) is 4.27. The first kappa shape index (κ1) is 17.5. The summed E-state index contributed by atoms with van der Waals surface area (Å²) in [6.07, 6.45) is 10.7. The van der Waals surface area contributed by atoms with Crippen molar-refractivity contribution >= 4 is 5.91 Å². The zero-order valence-corrected chi connectivity index (χ0v) is 17.3. The quantitative estimate of drug-likeness (QED) is 0.852. The number of carbonyl (C=O) groups excluding carboxylic acids is 1. The normalized spacial score (nSPS) is 48.6. The van der Waals surface area contributed by atoms with Crippen LogP contribution in [0.3, 0.4) is 0 Å². The second-order valence-electron chi connectivity index (χ2n) is 11.6. The van der Waals surface area contributed by atoms with Crippen molar-refractivity contribution in [2.24, 2.45) is 16.7 Å². The standard InChI is InChI=1S/C25H34N2O/c1-22-13-19-14-23(16-22,20-5-3-2-4-6-20)18-24(15-19,17-22)21(28)26-25-7-10-27(11-8-25)12-9-25/h2-6,19H,7-18H2,1H3,(H,26,28)/t19?,22-,23-,24?/m1/s1. The molecule has 1 aromatic carbocycles. The molecule has 3 nitrogen and oxygen atoms in total. The topological polar surface area (TPSA) is 32.3 Å². The minimum absolute atomic E-state index is 0.0932. The zero-order valence-electron chi connectivity index (χ0n) is 17.3. The molecule has 3 heteroatoms. The van der Waals surface area contributed by atoms with Gasteiger partial charge in [-0.15, -0.1) is 0 Å². The zero-order chi connectivity index (χ0) is 19.0. The summed E-state index contributed by atoms with van der Waals surface area (Å²) < 4.78 is 0. The van der Waals surface area contributed by atoms with Gasteiger partial charge in [0, 0.05) is 25.2 Å². The number of carbonyl (C=O) groups is 1. The summed E-state index contributed by atoms with van der Waals surface area (Å²) in [5, 5.41) is 3.70. The largest absolute Gasteiger partial charge is 0.350 e. The Bertz CT molecular complexity index is 784. The van der Waals surface area contributed by atoms with Crippen LogP contribution < -0.4 is 5.32 Å². The van der Waals surface area contributed by atoms with Crippen LogP contribution in [0.15, 0.2) is 30.3 Å². The van der Waals surface area contributed by atoms with Gasteiger partial charge >= 0.3 is 0 Å². The van der Waals surface area contributed by atoms with E-state index in [2.05, 4.69) is 47.5 Å². The van der Waals surface area contributed by atoms with Crippen molar-refractivity contribution in [3.05, 3.63) is 35.9 Å². The Balaban J connectivity index is 1.34. The molecule has 4 saturated carbocycles. The molecule has 3 aliphatic heterocycles. The van der Waals surface area contributed by atoms with E-state index in [1.807, 2.05) is 0 Å². The third-order valence-corrected chi connectivity index (χ3v) is 9.31. The van der Waals surface area contributed by atoms with Crippen LogP contribution in [-0.4, -0.2) is 36.0 Å². The summed E-state index contributed by atoms with van der Waals surface area (Å²) in [6, 6.07) is 11.2. The van der Waals surface area contributed by atoms with Crippen molar-refractivity contribution in [3.63, 3.8) is 0 Å². The molecule has 1 amide bonds. The van der Waals surface area contributed by atoms with Gasteiger partial charge in [-0.2, -0.15) is 0 Å². The molecule has 6 bridgehead atoms. The fourth-order valence-electron chi connectivity index (χ4n) is 8.68. The molecule has 1 aromatic rings. The number of fused-ring (bicyclic) bond motifs is 3. The summed E-state index contributed by atoms with van der Waals surface area (Å²) >= 11 is 0. The number of hydrogen-bond acceptors (Lipinski definition) is 2. The monoisotopic (exact) mass is 378 g/mol. The molecule has 0 spiro atoms. The van der Waals surface area contributed by atoms with Crippen molar-refractivity contribution in [2.45, 2.75) is 75.7 Å². The molecule has 3 heterocycles. The molecular weight excluding hydrogens is 344 g/mol. The number of piperidine rings is 3. The van der Waals surface area contributed by atoms with E-state index in [1.54, 1.807) is 0 Å². The van der Waals surface area contributed by atoms with E-state index in [4.69, 9.17) is 0 Å². The van der Waals surface area contributed by atoms with Crippen molar-refractivity contribution in [1.82, 2.24) is 10.2 Å². The van der Waals surface area contributed by atoms with E-state index in [0.29, 0.717) is 11.3 Å². The average molecular weight is 379 g/mol. The molecule has 7 aliphatic rings. The number of nitrogens with one attached hydrogen (secondary N) is 1. The third-order valence-electron chi connectivity index (χ3n) is 9.31. The fourth-order valence-corrected chi connectivity index (χ4v) is 8.68. The Morgan fingerprint density at radius 1 is 0.964 bits per heavy atom. The third kappa shape index (κ3) is 2.47. The van der Waals surface area contributed by atoms with Crippen molar-refractivity contribution in [3.8, 4) is 0 Å².